The minimum Gasteiger partial charge on any atom is -0.493 e. The first-order valence-electron chi connectivity index (χ1n) is 24.3. The Morgan fingerprint density at radius 2 is 1.67 bits per heavy atom. The van der Waals surface area contributed by atoms with Crippen molar-refractivity contribution in [2.24, 2.45) is 18.9 Å². The third-order valence-corrected chi connectivity index (χ3v) is 13.9. The molecule has 23 heteroatoms. The van der Waals surface area contributed by atoms with Gasteiger partial charge in [0.1, 0.15) is 23.7 Å². The zero-order valence-electron chi connectivity index (χ0n) is 41.2. The van der Waals surface area contributed by atoms with Crippen LogP contribution in [0.15, 0.2) is 77.9 Å². The Morgan fingerprint density at radius 3 is 2.41 bits per heavy atom. The highest BCUT2D eigenvalue weighted by Gasteiger charge is 2.40. The lowest BCUT2D eigenvalue weighted by molar-refractivity contribution is -0.274. The van der Waals surface area contributed by atoms with Crippen molar-refractivity contribution in [3.05, 3.63) is 111 Å². The summed E-state index contributed by atoms with van der Waals surface area (Å²) in [5.74, 6) is -3.79. The molecule has 3 aliphatic rings. The number of nitrogens with zero attached hydrogens (tertiary/aromatic N) is 4. The van der Waals surface area contributed by atoms with Crippen molar-refractivity contribution in [1.29, 1.82) is 0 Å². The molecule has 4 N–H and O–H groups in total. The van der Waals surface area contributed by atoms with Crippen molar-refractivity contribution < 1.29 is 65.3 Å². The van der Waals surface area contributed by atoms with Gasteiger partial charge in [-0.2, -0.15) is 0 Å². The van der Waals surface area contributed by atoms with E-state index in [1.165, 1.54) is 55.1 Å². The van der Waals surface area contributed by atoms with E-state index in [0.29, 0.717) is 59.3 Å². The van der Waals surface area contributed by atoms with E-state index in [4.69, 9.17) is 14.2 Å². The molecule has 76 heavy (non-hydrogen) atoms. The molecule has 1 atom stereocenters. The molecule has 2 fully saturated rings. The summed E-state index contributed by atoms with van der Waals surface area (Å²) in [5, 5.41) is 10.9. The molecule has 2 aliphatic heterocycles. The van der Waals surface area contributed by atoms with Gasteiger partial charge in [0.25, 0.3) is 11.8 Å². The van der Waals surface area contributed by atoms with Crippen LogP contribution in [0.3, 0.4) is 0 Å². The lowest BCUT2D eigenvalue weighted by Crippen LogP contribution is -2.52. The number of pyridine rings is 1. The smallest absolute Gasteiger partial charge is 0.493 e. The number of halogens is 4. The summed E-state index contributed by atoms with van der Waals surface area (Å²) in [5.41, 5.74) is 1.11. The summed E-state index contributed by atoms with van der Waals surface area (Å²) >= 11 is 0. The van der Waals surface area contributed by atoms with Crippen molar-refractivity contribution in [3.8, 4) is 28.9 Å². The number of imide groups is 1. The maximum Gasteiger partial charge on any atom is 0.573 e. The van der Waals surface area contributed by atoms with Gasteiger partial charge in [-0.1, -0.05) is 6.07 Å². The molecule has 6 aromatic rings. The molecule has 0 radical (unpaired) electrons. The van der Waals surface area contributed by atoms with Gasteiger partial charge in [-0.3, -0.25) is 38.9 Å². The lowest BCUT2D eigenvalue weighted by atomic mass is 9.81. The zero-order valence-corrected chi connectivity index (χ0v) is 41.2. The van der Waals surface area contributed by atoms with Gasteiger partial charge in [0.2, 0.25) is 34.9 Å². The fourth-order valence-electron chi connectivity index (χ4n) is 9.78. The van der Waals surface area contributed by atoms with Gasteiger partial charge in [-0.05, 0) is 99.9 Å². The second-order valence-electron chi connectivity index (χ2n) is 18.7. The quantitative estimate of drug-likeness (QED) is 0.0422. The summed E-state index contributed by atoms with van der Waals surface area (Å²) < 4.78 is 77.1. The van der Waals surface area contributed by atoms with Crippen LogP contribution in [0.5, 0.6) is 28.9 Å². The van der Waals surface area contributed by atoms with Crippen LogP contribution >= 0.6 is 0 Å². The molecular weight excluding hydrogens is 1000 g/mol. The Kier molecular flexibility index (Phi) is 14.9. The number of ether oxygens (including phenoxy) is 4. The van der Waals surface area contributed by atoms with Crippen LogP contribution in [-0.4, -0.2) is 87.5 Å². The van der Waals surface area contributed by atoms with Gasteiger partial charge in [0.15, 0.2) is 23.1 Å². The summed E-state index contributed by atoms with van der Waals surface area (Å²) in [6.07, 6.45) is -0.166. The Balaban J connectivity index is 0.736. The third-order valence-electron chi connectivity index (χ3n) is 13.9. The number of aryl methyl sites for hydroxylation is 1. The Morgan fingerprint density at radius 1 is 0.882 bits per heavy atom. The zero-order chi connectivity index (χ0) is 54.0. The highest BCUT2D eigenvalue weighted by Crippen LogP contribution is 2.38. The van der Waals surface area contributed by atoms with Crippen LogP contribution in [-0.2, 0) is 32.8 Å². The van der Waals surface area contributed by atoms with Gasteiger partial charge < -0.3 is 44.4 Å². The molecule has 2 aromatic heterocycles. The molecule has 9 rings (SSSR count). The molecule has 396 valence electrons. The van der Waals surface area contributed by atoms with Crippen LogP contribution in [0.2, 0.25) is 0 Å². The second-order valence-corrected chi connectivity index (χ2v) is 18.7. The van der Waals surface area contributed by atoms with Crippen LogP contribution in [0, 0.1) is 24.6 Å². The molecule has 4 heterocycles. The molecule has 1 unspecified atom stereocenters. The number of amides is 6. The number of fused-ring (bicyclic) bond motifs is 3. The minimum atomic E-state index is -5.01. The minimum absolute atomic E-state index is 0.0430. The second kappa shape index (κ2) is 21.7. The number of hydrogen-bond donors (Lipinski definition) is 4. The van der Waals surface area contributed by atoms with E-state index in [2.05, 4.69) is 36.0 Å². The molecule has 1 saturated heterocycles. The molecule has 1 saturated carbocycles. The standard InChI is InChI=1S/C53H50F4N8O11/c1-27-46(47(68)34-21-31(76-53(55,56)57)14-15-39(34)64(27)2)50(71)61-30-13-17-41(36(54)20-30)75-51-33-22-42(73-3)43(23-38(33)59-26-60-51)74-19-5-8-44(66)58-24-28-9-11-29(12-10-28)48(69)62-37-7-4-6-32-35(37)25-65(52(32)72)40-16-18-45(67)63-49(40)70/h4,6-7,13-15,17,20-23,26,28-29,40H,5,8-12,16,18-19,24-25H2,1-3H3,(H,58,66)(H,61,71)(H,62,69)(H,63,67,70). The number of hydrogen-bond acceptors (Lipinski definition) is 13. The first-order chi connectivity index (χ1) is 36.3. The van der Waals surface area contributed by atoms with Crippen LogP contribution in [0.1, 0.15) is 83.3 Å². The van der Waals surface area contributed by atoms with E-state index in [1.807, 2.05) is 0 Å². The molecule has 19 nitrogen and oxygen atoms in total. The number of alkyl halides is 3. The van der Waals surface area contributed by atoms with Gasteiger partial charge in [0.05, 0.1) is 35.5 Å². The van der Waals surface area contributed by atoms with Gasteiger partial charge in [-0.15, -0.1) is 13.2 Å². The summed E-state index contributed by atoms with van der Waals surface area (Å²) in [4.78, 5) is 100. The number of rotatable bonds is 16. The highest BCUT2D eigenvalue weighted by molar-refractivity contribution is 6.08. The maximum absolute atomic E-state index is 15.6. The first-order valence-corrected chi connectivity index (χ1v) is 24.3. The largest absolute Gasteiger partial charge is 0.573 e. The van der Waals surface area contributed by atoms with Gasteiger partial charge in [-0.25, -0.2) is 14.4 Å². The Hall–Kier alpha value is -8.63. The van der Waals surface area contributed by atoms with Crippen LogP contribution in [0.25, 0.3) is 21.8 Å². The number of carbonyl (C=O) groups is 6. The predicted octanol–water partition coefficient (Wildman–Crippen LogP) is 7.36. The van der Waals surface area contributed by atoms with E-state index >= 15 is 4.39 Å². The monoisotopic (exact) mass is 1050 g/mol. The van der Waals surface area contributed by atoms with Gasteiger partial charge in [0, 0.05) is 79.2 Å². The Bertz CT molecular complexity index is 3400. The number of anilines is 2. The maximum atomic E-state index is 15.6. The predicted molar refractivity (Wildman–Crippen MR) is 265 cm³/mol. The summed E-state index contributed by atoms with van der Waals surface area (Å²) in [6, 6.07) is 14.2. The van der Waals surface area contributed by atoms with E-state index in [1.54, 1.807) is 30.3 Å². The summed E-state index contributed by atoms with van der Waals surface area (Å²) in [7, 11) is 2.96. The average molecular weight is 1050 g/mol. The van der Waals surface area contributed by atoms with E-state index in [0.717, 1.165) is 31.0 Å². The molecule has 4 aromatic carbocycles. The van der Waals surface area contributed by atoms with Crippen molar-refractivity contribution in [1.82, 2.24) is 30.1 Å². The number of carbonyl (C=O) groups excluding carboxylic acids is 6. The van der Waals surface area contributed by atoms with Gasteiger partial charge >= 0.3 is 6.36 Å². The topological polar surface area (TPSA) is 238 Å². The molecule has 0 bridgehead atoms. The highest BCUT2D eigenvalue weighted by atomic mass is 19.4. The molecule has 0 spiro atoms. The van der Waals surface area contributed by atoms with Crippen molar-refractivity contribution in [2.45, 2.75) is 77.2 Å². The fourth-order valence-corrected chi connectivity index (χ4v) is 9.78. The van der Waals surface area contributed by atoms with E-state index < -0.39 is 41.2 Å². The number of benzene rings is 4. The number of piperidine rings is 1. The molecule has 1 aliphatic carbocycles. The van der Waals surface area contributed by atoms with E-state index in [9.17, 15) is 46.7 Å². The van der Waals surface area contributed by atoms with Crippen LogP contribution < -0.4 is 45.6 Å². The van der Waals surface area contributed by atoms with Crippen molar-refractivity contribution in [3.63, 3.8) is 0 Å². The normalized spacial score (nSPS) is 17.5. The fraction of sp³-hybridized carbons (Fsp3) is 0.340. The molecular formula is C53H50F4N8O11. The molecule has 6 amide bonds. The van der Waals surface area contributed by atoms with Crippen molar-refractivity contribution >= 4 is 68.6 Å². The summed E-state index contributed by atoms with van der Waals surface area (Å²) in [6.45, 7) is 2.24. The van der Waals surface area contributed by atoms with Crippen LogP contribution in [0.4, 0.5) is 28.9 Å². The van der Waals surface area contributed by atoms with E-state index in [-0.39, 0.29) is 113 Å². The Labute approximate surface area is 430 Å². The third kappa shape index (κ3) is 11.2. The first kappa shape index (κ1) is 52.2. The average Bonchev–Trinajstić information content (AvgIpc) is 3.72. The van der Waals surface area contributed by atoms with Crippen molar-refractivity contribution in [2.75, 3.05) is 30.9 Å². The number of aromatic nitrogens is 3. The SMILES string of the molecule is COc1cc2c(Oc3ccc(NC(=O)c4c(C)n(C)c5ccc(OC(F)(F)F)cc5c4=O)cc3F)ncnc2cc1OCCCC(=O)NCC1CCC(C(=O)Nc2cccc3c2CN(C2CCC(=O)NC2=O)C3=O)CC1. The number of methoxy groups -OCH3 is 1. The lowest BCUT2D eigenvalue weighted by Gasteiger charge is -2.29. The number of nitrogens with one attached hydrogen (secondary N) is 4.